The number of likely N-dealkylation sites (N-methyl/N-ethyl adjacent to an activating group) is 2. The van der Waals surface area contributed by atoms with Gasteiger partial charge in [-0.3, -0.25) is 38.8 Å². The number of para-hydroxylation sites is 2. The van der Waals surface area contributed by atoms with Crippen LogP contribution in [0.5, 0.6) is 11.5 Å². The van der Waals surface area contributed by atoms with Crippen molar-refractivity contribution < 1.29 is 72.8 Å². The lowest BCUT2D eigenvalue weighted by Crippen LogP contribution is -2.81. The molecule has 2 aliphatic carbocycles. The number of anilines is 2. The van der Waals surface area contributed by atoms with Gasteiger partial charge in [-0.15, -0.1) is 0 Å². The highest BCUT2D eigenvalue weighted by molar-refractivity contribution is 5.97. The maximum absolute atomic E-state index is 15.2. The van der Waals surface area contributed by atoms with Gasteiger partial charge in [-0.1, -0.05) is 100 Å². The molecular formula is C88H109N9O15. The molecule has 2 spiro atoms. The first-order valence-electron chi connectivity index (χ1n) is 40.4. The number of nitrogens with one attached hydrogen (secondary N) is 2. The molecule has 4 aromatic carbocycles. The second-order valence-corrected chi connectivity index (χ2v) is 34.7. The first-order valence-corrected chi connectivity index (χ1v) is 40.4. The van der Waals surface area contributed by atoms with E-state index >= 15 is 9.59 Å². The van der Waals surface area contributed by atoms with Gasteiger partial charge >= 0.3 is 23.9 Å². The Labute approximate surface area is 654 Å². The molecule has 596 valence electrons. The SMILES string of the molecule is CCC1(O)CC2CN(CCc3c([nH]c4ccccc34)[C@@](C(=O)OC)(c3cc4c(cc3OC)N(C)[C@H]3[C@@](O)(C(N)=O)[C@H](O)[C@]5(CC)C=CCN6CC[C@]43[C@@H]65)C2)C1.CCC1=CC2CN(C1)Cc1c([nH]c3ccccc13)[C@@](C(=O)OC)(c1cc3c(cc1OC)N(C)[C@H]1[C@@](O)(C(=O)OC)[C@H](OC(C)=O)[C@]4(CC)C=CCN5CC[C@]31[C@@H]54)C2. The summed E-state index contributed by atoms with van der Waals surface area (Å²) in [6.07, 6.45) is 13.5. The van der Waals surface area contributed by atoms with Gasteiger partial charge in [-0.25, -0.2) is 4.79 Å². The number of H-pyrrole nitrogens is 2. The summed E-state index contributed by atoms with van der Waals surface area (Å²) in [7, 11) is 11.1. The van der Waals surface area contributed by atoms with E-state index in [2.05, 4.69) is 85.1 Å². The third kappa shape index (κ3) is 9.90. The molecule has 24 nitrogen and oxygen atoms in total. The number of aliphatic hydroxyl groups excluding tert-OH is 1. The van der Waals surface area contributed by atoms with Gasteiger partial charge in [0.25, 0.3) is 5.91 Å². The molecule has 6 aromatic rings. The lowest BCUT2D eigenvalue weighted by Gasteiger charge is -2.63. The van der Waals surface area contributed by atoms with E-state index in [4.69, 9.17) is 34.2 Å². The number of methoxy groups -OCH3 is 5. The number of aliphatic hydroxyl groups is 4. The molecule has 1 amide bonds. The smallest absolute Gasteiger partial charge is 0.344 e. The maximum atomic E-state index is 15.2. The molecule has 4 bridgehead atoms. The Hall–Kier alpha value is -8.59. The molecule has 2 aromatic heterocycles. The van der Waals surface area contributed by atoms with Crippen LogP contribution < -0.4 is 25.0 Å². The third-order valence-electron chi connectivity index (χ3n) is 30.0. The average molecular weight is 1530 g/mol. The molecule has 19 atom stereocenters. The zero-order valence-corrected chi connectivity index (χ0v) is 66.6. The van der Waals surface area contributed by atoms with Crippen molar-refractivity contribution in [1.29, 1.82) is 0 Å². The number of fused-ring (bicyclic) bond motifs is 12. The number of ether oxygens (including phenoxy) is 6. The van der Waals surface area contributed by atoms with Crippen LogP contribution in [-0.4, -0.2) is 242 Å². The summed E-state index contributed by atoms with van der Waals surface area (Å²) in [4.78, 5) is 92.4. The lowest BCUT2D eigenvalue weighted by atomic mass is 9.47. The minimum absolute atomic E-state index is 0.0284. The molecule has 5 fully saturated rings. The van der Waals surface area contributed by atoms with Crippen LogP contribution in [0.2, 0.25) is 0 Å². The van der Waals surface area contributed by atoms with Crippen molar-refractivity contribution in [3.05, 3.63) is 154 Å². The standard InChI is InChI=1S/C45H54N4O8.C43H55N5O7/c1-8-27-19-28-22-44(40(51)55-6,36-30(25-48(23-27)24-28)29-13-10-11-14-33(29)46-36)32-20-31-34(21-35(32)54-5)47(4)38-43(31)16-18-49-17-12-15-42(9-2,37(43)49)39(57-26(3)50)45(38,53)41(52)56-7;1-6-39(52)21-25-22-42(38(51)55-5,33-27(13-17-47(23-25)24-39)26-11-8-9-12-30(26)45-33)29-19-28-31(20-32(29)54-4)46(3)35-41(28)15-18-48-16-10-14-40(7-2,34(41)48)36(49)43(35,53)37(44)50/h10-15,19-21,28,37-39,46,53H,8-9,16-18,22-25H2,1-7H3;8-12,14,19-20,25,34-36,45,49,52-53H,6-7,13,15-18,21-24H2,1-5H3,(H2,44,50)/t28?,37-,38+,39+,42+,43+,44-,45-;25?,34-,35+,36+,39?,40+,41+,42-,43-/m00/s1. The zero-order valence-electron chi connectivity index (χ0n) is 66.6. The number of aromatic amines is 2. The molecular weight excluding hydrogens is 1420 g/mol. The summed E-state index contributed by atoms with van der Waals surface area (Å²) in [5.74, 6) is -2.31. The van der Waals surface area contributed by atoms with Gasteiger partial charge in [0.2, 0.25) is 5.60 Å². The first kappa shape index (κ1) is 76.1. The van der Waals surface area contributed by atoms with E-state index in [0.29, 0.717) is 120 Å². The summed E-state index contributed by atoms with van der Waals surface area (Å²) < 4.78 is 36.1. The Morgan fingerprint density at radius 2 is 1.12 bits per heavy atom. The van der Waals surface area contributed by atoms with Gasteiger partial charge in [-0.2, -0.15) is 0 Å². The quantitative estimate of drug-likeness (QED) is 0.0335. The van der Waals surface area contributed by atoms with E-state index in [1.54, 1.807) is 14.2 Å². The average Bonchev–Trinajstić information content (AvgIpc) is 1.47. The van der Waals surface area contributed by atoms with Gasteiger partial charge in [-0.05, 0) is 136 Å². The predicted molar refractivity (Wildman–Crippen MR) is 422 cm³/mol. The molecule has 10 aliphatic heterocycles. The summed E-state index contributed by atoms with van der Waals surface area (Å²) in [5.41, 5.74) is 5.77. The Bertz CT molecular complexity index is 4970. The van der Waals surface area contributed by atoms with Crippen LogP contribution in [0, 0.1) is 22.7 Å². The third-order valence-corrected chi connectivity index (χ3v) is 30.0. The second kappa shape index (κ2) is 26.8. The topological polar surface area (TPSA) is 299 Å². The van der Waals surface area contributed by atoms with E-state index in [-0.39, 0.29) is 29.9 Å². The largest absolute Gasteiger partial charge is 0.496 e. The number of primary amides is 1. The monoisotopic (exact) mass is 1530 g/mol. The van der Waals surface area contributed by atoms with Crippen LogP contribution >= 0.6 is 0 Å². The summed E-state index contributed by atoms with van der Waals surface area (Å²) >= 11 is 0. The fraction of sp³-hybridized carbons (Fsp3) is 0.557. The van der Waals surface area contributed by atoms with Crippen LogP contribution in [0.3, 0.4) is 0 Å². The zero-order chi connectivity index (χ0) is 79.1. The molecule has 112 heavy (non-hydrogen) atoms. The van der Waals surface area contributed by atoms with E-state index in [1.807, 2.05) is 99.3 Å². The maximum Gasteiger partial charge on any atom is 0.344 e. The van der Waals surface area contributed by atoms with E-state index in [9.17, 15) is 34.8 Å². The highest BCUT2D eigenvalue weighted by Gasteiger charge is 2.82. The molecule has 8 N–H and O–H groups in total. The van der Waals surface area contributed by atoms with Gasteiger partial charge in [0, 0.05) is 175 Å². The van der Waals surface area contributed by atoms with E-state index in [1.165, 1.54) is 33.8 Å². The molecule has 5 unspecified atom stereocenters. The predicted octanol–water partition coefficient (Wildman–Crippen LogP) is 7.49. The number of piperidine rings is 1. The normalized spacial score (nSPS) is 36.9. The number of carbonyl (C=O) groups excluding carboxylic acids is 5. The highest BCUT2D eigenvalue weighted by atomic mass is 16.6. The summed E-state index contributed by atoms with van der Waals surface area (Å²) in [6.45, 7) is 16.6. The molecule has 0 radical (unpaired) electrons. The summed E-state index contributed by atoms with van der Waals surface area (Å²) in [6, 6.07) is 22.2. The minimum atomic E-state index is -2.30. The van der Waals surface area contributed by atoms with Crippen LogP contribution in [0.1, 0.15) is 137 Å². The highest BCUT2D eigenvalue weighted by Crippen LogP contribution is 2.71. The number of esters is 4. The van der Waals surface area contributed by atoms with Crippen LogP contribution in [0.15, 0.2) is 109 Å². The van der Waals surface area contributed by atoms with Crippen molar-refractivity contribution in [2.75, 3.05) is 118 Å². The van der Waals surface area contributed by atoms with Crippen LogP contribution in [0.25, 0.3) is 21.8 Å². The van der Waals surface area contributed by atoms with Crippen molar-refractivity contribution in [2.24, 2.45) is 28.4 Å². The number of hydrogen-bond acceptors (Lipinski definition) is 21. The number of nitrogens with zero attached hydrogens (tertiary/aromatic N) is 6. The number of rotatable bonds is 13. The van der Waals surface area contributed by atoms with E-state index in [0.717, 1.165) is 99.4 Å². The number of hydrogen-bond donors (Lipinski definition) is 7. The lowest BCUT2D eigenvalue weighted by molar-refractivity contribution is -0.228. The second-order valence-electron chi connectivity index (χ2n) is 34.7. The Morgan fingerprint density at radius 1 is 0.589 bits per heavy atom. The first-order chi connectivity index (χ1) is 53.7. The number of nitrogens with two attached hydrogens (primary N) is 1. The van der Waals surface area contributed by atoms with Crippen LogP contribution in [0.4, 0.5) is 11.4 Å². The Balaban J connectivity index is 0.000000163. The van der Waals surface area contributed by atoms with Gasteiger partial charge in [0.1, 0.15) is 28.4 Å². The molecule has 24 heteroatoms. The Morgan fingerprint density at radius 3 is 1.64 bits per heavy atom. The molecule has 3 saturated heterocycles. The fourth-order valence-electron chi connectivity index (χ4n) is 25.9. The molecule has 2 saturated carbocycles. The fourth-order valence-corrected chi connectivity index (χ4v) is 25.9. The minimum Gasteiger partial charge on any atom is -0.496 e. The van der Waals surface area contributed by atoms with Gasteiger partial charge in [0.05, 0.1) is 53.2 Å². The number of aromatic nitrogens is 2. The number of benzene rings is 4. The van der Waals surface area contributed by atoms with Gasteiger partial charge < -0.3 is 74.3 Å². The van der Waals surface area contributed by atoms with Crippen molar-refractivity contribution in [2.45, 2.75) is 180 Å². The van der Waals surface area contributed by atoms with Crippen molar-refractivity contribution >= 4 is 63.0 Å². The Kier molecular flexibility index (Phi) is 18.2. The molecule has 12 aliphatic rings. The summed E-state index contributed by atoms with van der Waals surface area (Å²) in [5, 5.41) is 52.3. The van der Waals surface area contributed by atoms with Gasteiger partial charge in [0.15, 0.2) is 11.7 Å². The van der Waals surface area contributed by atoms with E-state index < -0.39 is 97.4 Å². The molecule has 12 heterocycles. The van der Waals surface area contributed by atoms with Crippen molar-refractivity contribution in [3.63, 3.8) is 0 Å². The number of carbonyl (C=O) groups is 5. The van der Waals surface area contributed by atoms with Crippen molar-refractivity contribution in [3.8, 4) is 11.5 Å². The van der Waals surface area contributed by atoms with Crippen molar-refractivity contribution in [1.82, 2.24) is 29.6 Å². The number of amides is 1. The molecule has 18 rings (SSSR count). The van der Waals surface area contributed by atoms with Crippen LogP contribution in [-0.2, 0) is 77.5 Å².